The number of hydrogen-bond donors (Lipinski definition) is 2. The number of benzene rings is 2. The number of ether oxygens (including phenoxy) is 1. The van der Waals surface area contributed by atoms with Crippen LogP contribution in [0.3, 0.4) is 0 Å². The fourth-order valence-electron chi connectivity index (χ4n) is 2.97. The summed E-state index contributed by atoms with van der Waals surface area (Å²) >= 11 is 0. The number of fused-ring (bicyclic) bond motifs is 2. The number of hydrogen-bond acceptors (Lipinski definition) is 3. The van der Waals surface area contributed by atoms with Crippen LogP contribution in [-0.2, 0) is 6.42 Å². The normalized spacial score (nSPS) is 18.4. The first kappa shape index (κ1) is 12.3. The van der Waals surface area contributed by atoms with Crippen molar-refractivity contribution < 1.29 is 9.53 Å². The molecule has 1 amide bonds. The van der Waals surface area contributed by atoms with Gasteiger partial charge in [-0.05, 0) is 36.2 Å². The monoisotopic (exact) mass is 280 g/mol. The SMILES string of the molecule is O=C(NC1COc2ccccc21)c1ccc2c(c1)CCN2. The molecule has 0 fully saturated rings. The molecule has 0 aliphatic carbocycles. The Morgan fingerprint density at radius 3 is 3.10 bits per heavy atom. The van der Waals surface area contributed by atoms with Gasteiger partial charge in [0.2, 0.25) is 0 Å². The van der Waals surface area contributed by atoms with Crippen LogP contribution in [0, 0.1) is 0 Å². The standard InChI is InChI=1S/C17H16N2O2/c20-17(12-5-6-14-11(9-12)7-8-18-14)19-15-10-21-16-4-2-1-3-13(15)16/h1-6,9,15,18H,7-8,10H2,(H,19,20). The summed E-state index contributed by atoms with van der Waals surface area (Å²) in [5.41, 5.74) is 4.11. The Balaban J connectivity index is 1.54. The predicted octanol–water partition coefficient (Wildman–Crippen LogP) is 2.52. The minimum atomic E-state index is -0.0694. The van der Waals surface area contributed by atoms with Gasteiger partial charge in [0.25, 0.3) is 5.91 Å². The number of para-hydroxylation sites is 1. The van der Waals surface area contributed by atoms with E-state index in [0.29, 0.717) is 12.2 Å². The van der Waals surface area contributed by atoms with E-state index in [1.54, 1.807) is 0 Å². The number of amides is 1. The lowest BCUT2D eigenvalue weighted by atomic mass is 10.1. The maximum absolute atomic E-state index is 12.4. The minimum absolute atomic E-state index is 0.0463. The molecule has 2 N–H and O–H groups in total. The molecule has 21 heavy (non-hydrogen) atoms. The van der Waals surface area contributed by atoms with Gasteiger partial charge in [-0.15, -0.1) is 0 Å². The highest BCUT2D eigenvalue weighted by Gasteiger charge is 2.25. The third-order valence-corrected chi connectivity index (χ3v) is 4.08. The summed E-state index contributed by atoms with van der Waals surface area (Å²) in [6.45, 7) is 1.45. The quantitative estimate of drug-likeness (QED) is 0.888. The van der Waals surface area contributed by atoms with Gasteiger partial charge >= 0.3 is 0 Å². The average Bonchev–Trinajstić information content (AvgIpc) is 3.13. The van der Waals surface area contributed by atoms with Crippen LogP contribution in [-0.4, -0.2) is 19.1 Å². The van der Waals surface area contributed by atoms with Crippen LogP contribution >= 0.6 is 0 Å². The molecule has 0 bridgehead atoms. The minimum Gasteiger partial charge on any atom is -0.491 e. The van der Waals surface area contributed by atoms with Crippen molar-refractivity contribution in [2.45, 2.75) is 12.5 Å². The van der Waals surface area contributed by atoms with Crippen LogP contribution in [0.2, 0.25) is 0 Å². The maximum Gasteiger partial charge on any atom is 0.251 e. The van der Waals surface area contributed by atoms with E-state index in [2.05, 4.69) is 10.6 Å². The smallest absolute Gasteiger partial charge is 0.251 e. The van der Waals surface area contributed by atoms with Crippen LogP contribution in [0.15, 0.2) is 42.5 Å². The molecule has 2 aliphatic heterocycles. The van der Waals surface area contributed by atoms with Crippen LogP contribution in [0.5, 0.6) is 5.75 Å². The Labute approximate surface area is 123 Å². The highest BCUT2D eigenvalue weighted by molar-refractivity contribution is 5.95. The molecule has 4 nitrogen and oxygen atoms in total. The largest absolute Gasteiger partial charge is 0.491 e. The molecule has 0 aromatic heterocycles. The van der Waals surface area contributed by atoms with Crippen LogP contribution < -0.4 is 15.4 Å². The fraction of sp³-hybridized carbons (Fsp3) is 0.235. The lowest BCUT2D eigenvalue weighted by Gasteiger charge is -2.12. The van der Waals surface area contributed by atoms with Gasteiger partial charge in [-0.1, -0.05) is 18.2 Å². The zero-order valence-corrected chi connectivity index (χ0v) is 11.6. The summed E-state index contributed by atoms with van der Waals surface area (Å²) in [5.74, 6) is 0.816. The zero-order valence-electron chi connectivity index (χ0n) is 11.6. The second-order valence-electron chi connectivity index (χ2n) is 5.42. The van der Waals surface area contributed by atoms with Gasteiger partial charge in [-0.25, -0.2) is 0 Å². The second kappa shape index (κ2) is 4.81. The molecule has 1 atom stereocenters. The van der Waals surface area contributed by atoms with E-state index < -0.39 is 0 Å². The first-order valence-corrected chi connectivity index (χ1v) is 7.21. The van der Waals surface area contributed by atoms with Crippen LogP contribution in [0.1, 0.15) is 27.5 Å². The molecule has 2 heterocycles. The summed E-state index contributed by atoms with van der Waals surface area (Å²) in [6, 6.07) is 13.6. The number of carbonyl (C=O) groups excluding carboxylic acids is 1. The Morgan fingerprint density at radius 1 is 1.24 bits per heavy atom. The van der Waals surface area contributed by atoms with Crippen molar-refractivity contribution >= 4 is 11.6 Å². The van der Waals surface area contributed by atoms with E-state index in [9.17, 15) is 4.79 Å². The Kier molecular flexibility index (Phi) is 2.81. The number of carbonyl (C=O) groups is 1. The third-order valence-electron chi connectivity index (χ3n) is 4.08. The lowest BCUT2D eigenvalue weighted by Crippen LogP contribution is -2.29. The molecule has 0 saturated carbocycles. The average molecular weight is 280 g/mol. The molecule has 1 unspecified atom stereocenters. The van der Waals surface area contributed by atoms with E-state index in [1.807, 2.05) is 42.5 Å². The highest BCUT2D eigenvalue weighted by Crippen LogP contribution is 2.32. The molecule has 4 heteroatoms. The molecular formula is C17H16N2O2. The third kappa shape index (κ3) is 2.13. The first-order valence-electron chi connectivity index (χ1n) is 7.21. The Morgan fingerprint density at radius 2 is 2.14 bits per heavy atom. The molecule has 2 aliphatic rings. The summed E-state index contributed by atoms with van der Waals surface area (Å²) < 4.78 is 5.60. The Hall–Kier alpha value is -2.49. The van der Waals surface area contributed by atoms with Gasteiger partial charge < -0.3 is 15.4 Å². The molecule has 0 saturated heterocycles. The predicted molar refractivity (Wildman–Crippen MR) is 80.8 cm³/mol. The molecule has 106 valence electrons. The zero-order chi connectivity index (χ0) is 14.2. The summed E-state index contributed by atoms with van der Waals surface area (Å²) in [6.07, 6.45) is 0.978. The number of nitrogens with one attached hydrogen (secondary N) is 2. The van der Waals surface area contributed by atoms with Crippen molar-refractivity contribution in [1.29, 1.82) is 0 Å². The van der Waals surface area contributed by atoms with E-state index >= 15 is 0 Å². The van der Waals surface area contributed by atoms with Gasteiger partial charge in [0.1, 0.15) is 12.4 Å². The topological polar surface area (TPSA) is 50.4 Å². The Bertz CT molecular complexity index is 712. The second-order valence-corrected chi connectivity index (χ2v) is 5.42. The summed E-state index contributed by atoms with van der Waals surface area (Å²) in [4.78, 5) is 12.4. The van der Waals surface area contributed by atoms with Crippen molar-refractivity contribution in [2.75, 3.05) is 18.5 Å². The summed E-state index contributed by atoms with van der Waals surface area (Å²) in [5, 5.41) is 6.36. The molecule has 2 aromatic carbocycles. The maximum atomic E-state index is 12.4. The van der Waals surface area contributed by atoms with Crippen molar-refractivity contribution in [3.05, 3.63) is 59.2 Å². The van der Waals surface area contributed by atoms with E-state index in [4.69, 9.17) is 4.74 Å². The van der Waals surface area contributed by atoms with Crippen molar-refractivity contribution in [3.8, 4) is 5.75 Å². The van der Waals surface area contributed by atoms with E-state index in [0.717, 1.165) is 30.0 Å². The number of anilines is 1. The molecule has 0 spiro atoms. The lowest BCUT2D eigenvalue weighted by molar-refractivity contribution is 0.0930. The van der Waals surface area contributed by atoms with Crippen molar-refractivity contribution in [2.24, 2.45) is 0 Å². The van der Waals surface area contributed by atoms with Crippen LogP contribution in [0.4, 0.5) is 5.69 Å². The van der Waals surface area contributed by atoms with E-state index in [1.165, 1.54) is 5.56 Å². The molecular weight excluding hydrogens is 264 g/mol. The first-order chi connectivity index (χ1) is 10.3. The van der Waals surface area contributed by atoms with Crippen molar-refractivity contribution in [1.82, 2.24) is 5.32 Å². The number of rotatable bonds is 2. The van der Waals surface area contributed by atoms with E-state index in [-0.39, 0.29) is 11.9 Å². The summed E-state index contributed by atoms with van der Waals surface area (Å²) in [7, 11) is 0. The van der Waals surface area contributed by atoms with Gasteiger partial charge in [-0.3, -0.25) is 4.79 Å². The molecule has 2 aromatic rings. The molecule has 4 rings (SSSR count). The van der Waals surface area contributed by atoms with Gasteiger partial charge in [0.05, 0.1) is 6.04 Å². The van der Waals surface area contributed by atoms with Crippen LogP contribution in [0.25, 0.3) is 0 Å². The highest BCUT2D eigenvalue weighted by atomic mass is 16.5. The van der Waals surface area contributed by atoms with Gasteiger partial charge in [-0.2, -0.15) is 0 Å². The molecule has 0 radical (unpaired) electrons. The van der Waals surface area contributed by atoms with Gasteiger partial charge in [0.15, 0.2) is 0 Å². The van der Waals surface area contributed by atoms with Crippen molar-refractivity contribution in [3.63, 3.8) is 0 Å². The fourth-order valence-corrected chi connectivity index (χ4v) is 2.97. The van der Waals surface area contributed by atoms with Gasteiger partial charge in [0, 0.05) is 23.4 Å².